The zero-order valence-corrected chi connectivity index (χ0v) is 21.2. The molecule has 0 bridgehead atoms. The fourth-order valence-electron chi connectivity index (χ4n) is 3.81. The van der Waals surface area contributed by atoms with Gasteiger partial charge in [-0.25, -0.2) is 4.98 Å². The maximum absolute atomic E-state index is 11.0. The topological polar surface area (TPSA) is 84.6 Å². The van der Waals surface area contributed by atoms with Gasteiger partial charge in [0.2, 0.25) is 5.88 Å². The van der Waals surface area contributed by atoms with Gasteiger partial charge in [0, 0.05) is 17.8 Å². The third kappa shape index (κ3) is 5.50. The van der Waals surface area contributed by atoms with E-state index in [0.717, 1.165) is 12.0 Å². The molecule has 1 aliphatic heterocycles. The second-order valence-electron chi connectivity index (χ2n) is 10.3. The van der Waals surface area contributed by atoms with Crippen molar-refractivity contribution in [3.63, 3.8) is 0 Å². The van der Waals surface area contributed by atoms with Gasteiger partial charge in [-0.2, -0.15) is 5.26 Å². The highest BCUT2D eigenvalue weighted by molar-refractivity contribution is 6.48. The number of ether oxygens (including phenoxy) is 2. The number of nitriles is 1. The summed E-state index contributed by atoms with van der Waals surface area (Å²) < 4.78 is 18.5. The molecule has 3 atom stereocenters. The first-order valence-electron chi connectivity index (χ1n) is 11.1. The summed E-state index contributed by atoms with van der Waals surface area (Å²) in [4.78, 5) is 4.39. The van der Waals surface area contributed by atoms with Gasteiger partial charge in [0.1, 0.15) is 17.5 Å². The lowest BCUT2D eigenvalue weighted by molar-refractivity contribution is -0.104. The third-order valence-electron chi connectivity index (χ3n) is 5.69. The van der Waals surface area contributed by atoms with Gasteiger partial charge in [-0.15, -0.1) is 0 Å². The predicted octanol–water partition coefficient (Wildman–Crippen LogP) is 4.56. The SMILES string of the molecule is C[SiH](C)OC(Cc1ccnc(O[C@@H]2c3cc(C#N)ccc3OC(C)(C)[C@H]2O)c1)C(C)(C)C. The van der Waals surface area contributed by atoms with Crippen LogP contribution < -0.4 is 9.47 Å². The van der Waals surface area contributed by atoms with E-state index in [2.05, 4.69) is 44.9 Å². The molecule has 0 aliphatic carbocycles. The maximum Gasteiger partial charge on any atom is 0.214 e. The van der Waals surface area contributed by atoms with Crippen LogP contribution >= 0.6 is 0 Å². The highest BCUT2D eigenvalue weighted by Crippen LogP contribution is 2.42. The molecular weight excluding hydrogens is 420 g/mol. The maximum atomic E-state index is 11.0. The summed E-state index contributed by atoms with van der Waals surface area (Å²) in [6.07, 6.45) is 0.927. The van der Waals surface area contributed by atoms with Crippen molar-refractivity contribution >= 4 is 9.04 Å². The zero-order chi connectivity index (χ0) is 23.7. The predicted molar refractivity (Wildman–Crippen MR) is 126 cm³/mol. The quantitative estimate of drug-likeness (QED) is 0.644. The van der Waals surface area contributed by atoms with E-state index in [1.54, 1.807) is 24.4 Å². The van der Waals surface area contributed by atoms with E-state index in [1.165, 1.54) is 0 Å². The molecule has 7 heteroatoms. The van der Waals surface area contributed by atoms with Crippen LogP contribution in [0.25, 0.3) is 0 Å². The molecule has 0 spiro atoms. The van der Waals surface area contributed by atoms with Crippen LogP contribution in [0.3, 0.4) is 0 Å². The molecule has 2 aromatic rings. The number of aliphatic hydroxyl groups excluding tert-OH is 1. The zero-order valence-electron chi connectivity index (χ0n) is 20.0. The van der Waals surface area contributed by atoms with Gasteiger partial charge in [0.05, 0.1) is 17.7 Å². The van der Waals surface area contributed by atoms with Crippen LogP contribution in [0.1, 0.15) is 57.4 Å². The first-order chi connectivity index (χ1) is 14.9. The summed E-state index contributed by atoms with van der Waals surface area (Å²) in [7, 11) is -1.20. The number of hydrogen-bond acceptors (Lipinski definition) is 6. The van der Waals surface area contributed by atoms with Crippen LogP contribution in [0.5, 0.6) is 11.6 Å². The summed E-state index contributed by atoms with van der Waals surface area (Å²) in [6, 6.07) is 11.2. The summed E-state index contributed by atoms with van der Waals surface area (Å²) in [5.41, 5.74) is 1.35. The minimum atomic E-state index is -1.20. The minimum absolute atomic E-state index is 0.00905. The van der Waals surface area contributed by atoms with Crippen molar-refractivity contribution in [3.8, 4) is 17.7 Å². The molecule has 0 fully saturated rings. The second kappa shape index (κ2) is 9.22. The van der Waals surface area contributed by atoms with Crippen molar-refractivity contribution < 1.29 is 19.0 Å². The van der Waals surface area contributed by atoms with Gasteiger partial charge < -0.3 is 19.0 Å². The smallest absolute Gasteiger partial charge is 0.214 e. The lowest BCUT2D eigenvalue weighted by Crippen LogP contribution is -2.50. The first-order valence-corrected chi connectivity index (χ1v) is 13.9. The van der Waals surface area contributed by atoms with Crippen molar-refractivity contribution in [1.29, 1.82) is 5.26 Å². The van der Waals surface area contributed by atoms with E-state index in [-0.39, 0.29) is 11.5 Å². The van der Waals surface area contributed by atoms with E-state index >= 15 is 0 Å². The Morgan fingerprint density at radius 1 is 1.25 bits per heavy atom. The van der Waals surface area contributed by atoms with Crippen LogP contribution in [0.2, 0.25) is 13.1 Å². The van der Waals surface area contributed by atoms with Crippen molar-refractivity contribution in [2.45, 2.75) is 78.0 Å². The first kappa shape index (κ1) is 24.2. The molecule has 1 unspecified atom stereocenters. The van der Waals surface area contributed by atoms with Crippen LogP contribution in [0, 0.1) is 16.7 Å². The molecule has 32 heavy (non-hydrogen) atoms. The van der Waals surface area contributed by atoms with Gasteiger partial charge in [-0.05, 0) is 68.6 Å². The van der Waals surface area contributed by atoms with Gasteiger partial charge in [0.15, 0.2) is 15.1 Å². The number of aromatic nitrogens is 1. The minimum Gasteiger partial charge on any atom is -0.485 e. The van der Waals surface area contributed by atoms with E-state index < -0.39 is 26.8 Å². The Hall–Kier alpha value is -2.40. The fraction of sp³-hybridized carbons (Fsp3) is 0.520. The number of nitrogens with zero attached hydrogens (tertiary/aromatic N) is 2. The van der Waals surface area contributed by atoms with Gasteiger partial charge in [-0.3, -0.25) is 0 Å². The molecule has 172 valence electrons. The second-order valence-corrected chi connectivity index (χ2v) is 12.7. The molecule has 0 radical (unpaired) electrons. The number of fused-ring (bicyclic) bond motifs is 1. The molecule has 6 nitrogen and oxygen atoms in total. The normalized spacial score (nSPS) is 20.8. The molecule has 0 saturated heterocycles. The molecule has 0 saturated carbocycles. The molecule has 1 aliphatic rings. The molecular formula is C25H34N2O4Si. The van der Waals surface area contributed by atoms with Crippen LogP contribution in [0.15, 0.2) is 36.5 Å². The van der Waals surface area contributed by atoms with Crippen LogP contribution in [-0.4, -0.2) is 36.9 Å². The van der Waals surface area contributed by atoms with Crippen LogP contribution in [-0.2, 0) is 10.8 Å². The molecule has 1 N–H and O–H groups in total. The number of hydrogen-bond donors (Lipinski definition) is 1. The van der Waals surface area contributed by atoms with E-state index in [0.29, 0.717) is 22.8 Å². The van der Waals surface area contributed by atoms with E-state index in [4.69, 9.17) is 13.9 Å². The average Bonchev–Trinajstić information content (AvgIpc) is 2.70. The Balaban J connectivity index is 1.90. The summed E-state index contributed by atoms with van der Waals surface area (Å²) in [5, 5.41) is 20.3. The number of rotatable bonds is 6. The van der Waals surface area contributed by atoms with Crippen molar-refractivity contribution in [1.82, 2.24) is 4.98 Å². The number of pyridine rings is 1. The molecule has 3 rings (SSSR count). The standard InChI is InChI=1S/C25H34N2O4Si/c1-24(2,3)20(31-32(6)7)13-16-10-11-27-21(14-16)29-22-18-12-17(15-26)8-9-19(18)30-25(4,5)23(22)28/h8-12,14,20,22-23,28,32H,13H2,1-7H3/t20?,22-,23+/m1/s1. The van der Waals surface area contributed by atoms with Gasteiger partial charge in [0.25, 0.3) is 0 Å². The summed E-state index contributed by atoms with van der Waals surface area (Å²) in [6.45, 7) is 14.6. The Morgan fingerprint density at radius 2 is 1.97 bits per heavy atom. The summed E-state index contributed by atoms with van der Waals surface area (Å²) >= 11 is 0. The fourth-order valence-corrected chi connectivity index (χ4v) is 4.97. The molecule has 1 aromatic carbocycles. The van der Waals surface area contributed by atoms with E-state index in [1.807, 2.05) is 26.0 Å². The number of benzene rings is 1. The molecule has 0 amide bonds. The van der Waals surface area contributed by atoms with Gasteiger partial charge >= 0.3 is 0 Å². The highest BCUT2D eigenvalue weighted by atomic mass is 28.3. The van der Waals surface area contributed by atoms with Crippen molar-refractivity contribution in [3.05, 3.63) is 53.2 Å². The van der Waals surface area contributed by atoms with Gasteiger partial charge in [-0.1, -0.05) is 20.8 Å². The monoisotopic (exact) mass is 454 g/mol. The summed E-state index contributed by atoms with van der Waals surface area (Å²) in [5.74, 6) is 1.02. The lowest BCUT2D eigenvalue weighted by Gasteiger charge is -2.41. The Kier molecular flexibility index (Phi) is 6.99. The molecule has 2 heterocycles. The largest absolute Gasteiger partial charge is 0.485 e. The number of aliphatic hydroxyl groups is 1. The molecule has 1 aromatic heterocycles. The average molecular weight is 455 g/mol. The Morgan fingerprint density at radius 3 is 2.59 bits per heavy atom. The Bertz CT molecular complexity index is 994. The van der Waals surface area contributed by atoms with Crippen molar-refractivity contribution in [2.75, 3.05) is 0 Å². The van der Waals surface area contributed by atoms with Crippen molar-refractivity contribution in [2.24, 2.45) is 5.41 Å². The third-order valence-corrected chi connectivity index (χ3v) is 6.56. The Labute approximate surface area is 192 Å². The lowest BCUT2D eigenvalue weighted by atomic mass is 9.85. The van der Waals surface area contributed by atoms with E-state index in [9.17, 15) is 10.4 Å². The van der Waals surface area contributed by atoms with Crippen LogP contribution in [0.4, 0.5) is 0 Å². The highest BCUT2D eigenvalue weighted by Gasteiger charge is 2.44.